The Morgan fingerprint density at radius 3 is 2.66 bits per heavy atom. The van der Waals surface area contributed by atoms with Crippen LogP contribution in [0.15, 0.2) is 53.4 Å². The van der Waals surface area contributed by atoms with Crippen molar-refractivity contribution in [3.05, 3.63) is 64.8 Å². The van der Waals surface area contributed by atoms with Crippen molar-refractivity contribution in [1.82, 2.24) is 19.1 Å². The molecule has 3 heterocycles. The Hall–Kier alpha value is -2.79. The largest absolute Gasteiger partial charge is 0.306 e. The molecule has 1 unspecified atom stereocenters. The summed E-state index contributed by atoms with van der Waals surface area (Å²) in [7, 11) is -3.60. The highest BCUT2D eigenvalue weighted by atomic mass is 35.5. The standard InChI is InChI=1S/C24H24ClN5O3S2/c1-15-14-21(30(28-15)24-27-22-19(25)7-5-8-20(22)34-24)26-23(31)17-9-11-18(12-10-17)35(32,33)29-13-4-3-6-16(29)2/h5,7-12,14,16H,3-4,6,13H2,1-2H3,(H,26,31). The van der Waals surface area contributed by atoms with Crippen molar-refractivity contribution in [2.45, 2.75) is 44.0 Å². The van der Waals surface area contributed by atoms with Crippen LogP contribution in [0.25, 0.3) is 15.3 Å². The van der Waals surface area contributed by atoms with Crippen LogP contribution in [0, 0.1) is 6.92 Å². The molecule has 1 N–H and O–H groups in total. The third-order valence-corrected chi connectivity index (χ3v) is 9.41. The maximum Gasteiger partial charge on any atom is 0.256 e. The highest BCUT2D eigenvalue weighted by Gasteiger charge is 2.31. The summed E-state index contributed by atoms with van der Waals surface area (Å²) in [6, 6.07) is 13.3. The van der Waals surface area contributed by atoms with Crippen molar-refractivity contribution in [2.75, 3.05) is 11.9 Å². The van der Waals surface area contributed by atoms with E-state index >= 15 is 0 Å². The number of halogens is 1. The average molecular weight is 530 g/mol. The summed E-state index contributed by atoms with van der Waals surface area (Å²) in [6.45, 7) is 4.28. The number of aryl methyl sites for hydroxylation is 1. The van der Waals surface area contributed by atoms with Crippen molar-refractivity contribution in [1.29, 1.82) is 0 Å². The molecule has 0 spiro atoms. The van der Waals surface area contributed by atoms with Crippen LogP contribution >= 0.6 is 22.9 Å². The first-order valence-corrected chi connectivity index (χ1v) is 13.9. The zero-order valence-electron chi connectivity index (χ0n) is 19.2. The van der Waals surface area contributed by atoms with E-state index in [9.17, 15) is 13.2 Å². The van der Waals surface area contributed by atoms with Gasteiger partial charge in [0.25, 0.3) is 5.91 Å². The quantitative estimate of drug-likeness (QED) is 0.380. The molecule has 2 aromatic carbocycles. The molecule has 2 aromatic heterocycles. The number of sulfonamides is 1. The fourth-order valence-electron chi connectivity index (χ4n) is 4.26. The van der Waals surface area contributed by atoms with Crippen LogP contribution < -0.4 is 5.32 Å². The van der Waals surface area contributed by atoms with Crippen molar-refractivity contribution in [2.24, 2.45) is 0 Å². The van der Waals surface area contributed by atoms with Crippen molar-refractivity contribution in [3.63, 3.8) is 0 Å². The summed E-state index contributed by atoms with van der Waals surface area (Å²) in [5.74, 6) is 0.0853. The number of benzene rings is 2. The lowest BCUT2D eigenvalue weighted by Gasteiger charge is -2.32. The number of carbonyl (C=O) groups excluding carboxylic acids is 1. The summed E-state index contributed by atoms with van der Waals surface area (Å²) in [5.41, 5.74) is 1.73. The van der Waals surface area contributed by atoms with Gasteiger partial charge in [0.05, 0.1) is 20.3 Å². The number of amides is 1. The lowest BCUT2D eigenvalue weighted by Crippen LogP contribution is -2.41. The fourth-order valence-corrected chi connectivity index (χ4v) is 7.19. The van der Waals surface area contributed by atoms with Crippen LogP contribution in [0.3, 0.4) is 0 Å². The number of thiazole rings is 1. The van der Waals surface area contributed by atoms with Crippen LogP contribution in [0.5, 0.6) is 0 Å². The van der Waals surface area contributed by atoms with Gasteiger partial charge in [-0.15, -0.1) is 0 Å². The van der Waals surface area contributed by atoms with Gasteiger partial charge in [-0.1, -0.05) is 35.4 Å². The van der Waals surface area contributed by atoms with Gasteiger partial charge in [-0.05, 0) is 63.1 Å². The van der Waals surface area contributed by atoms with E-state index in [1.807, 2.05) is 26.0 Å². The normalized spacial score (nSPS) is 17.1. The fraction of sp³-hybridized carbons (Fsp3) is 0.292. The van der Waals surface area contributed by atoms with Crippen molar-refractivity contribution < 1.29 is 13.2 Å². The van der Waals surface area contributed by atoms with E-state index in [-0.39, 0.29) is 16.8 Å². The highest BCUT2D eigenvalue weighted by Crippen LogP contribution is 2.31. The smallest absolute Gasteiger partial charge is 0.256 e. The van der Waals surface area contributed by atoms with Gasteiger partial charge in [0.15, 0.2) is 0 Å². The average Bonchev–Trinajstić information content (AvgIpc) is 3.43. The number of aromatic nitrogens is 3. The molecule has 0 bridgehead atoms. The van der Waals surface area contributed by atoms with Crippen LogP contribution in [0.1, 0.15) is 42.2 Å². The Balaban J connectivity index is 1.38. The molecule has 0 radical (unpaired) electrons. The first kappa shape index (κ1) is 23.9. The van der Waals surface area contributed by atoms with Gasteiger partial charge in [-0.3, -0.25) is 4.79 Å². The third-order valence-electron chi connectivity index (χ3n) is 6.08. The molecule has 1 aliphatic rings. The number of nitrogens with zero attached hydrogens (tertiary/aromatic N) is 4. The molecular weight excluding hydrogens is 506 g/mol. The molecule has 8 nitrogen and oxygen atoms in total. The van der Waals surface area contributed by atoms with Gasteiger partial charge in [-0.25, -0.2) is 13.4 Å². The van der Waals surface area contributed by atoms with E-state index in [1.165, 1.54) is 35.6 Å². The number of nitrogens with one attached hydrogen (secondary N) is 1. The summed E-state index contributed by atoms with van der Waals surface area (Å²) in [6.07, 6.45) is 2.75. The molecule has 0 aliphatic carbocycles. The molecule has 4 aromatic rings. The van der Waals surface area contributed by atoms with Gasteiger partial charge < -0.3 is 5.32 Å². The summed E-state index contributed by atoms with van der Waals surface area (Å²) in [4.78, 5) is 17.8. The minimum absolute atomic E-state index is 0.0300. The van der Waals surface area contributed by atoms with Crippen LogP contribution in [0.2, 0.25) is 5.02 Å². The van der Waals surface area contributed by atoms with E-state index in [1.54, 1.807) is 21.1 Å². The van der Waals surface area contributed by atoms with Crippen molar-refractivity contribution in [3.8, 4) is 5.13 Å². The van der Waals surface area contributed by atoms with Crippen LogP contribution in [0.4, 0.5) is 5.82 Å². The second-order valence-electron chi connectivity index (χ2n) is 8.60. The number of anilines is 1. The lowest BCUT2D eigenvalue weighted by atomic mass is 10.1. The molecule has 1 aliphatic heterocycles. The van der Waals surface area contributed by atoms with E-state index in [0.29, 0.717) is 39.3 Å². The minimum Gasteiger partial charge on any atom is -0.306 e. The molecule has 35 heavy (non-hydrogen) atoms. The van der Waals surface area contributed by atoms with Crippen LogP contribution in [-0.4, -0.2) is 46.0 Å². The molecule has 1 saturated heterocycles. The van der Waals surface area contributed by atoms with Gasteiger partial charge >= 0.3 is 0 Å². The van der Waals surface area contributed by atoms with E-state index in [0.717, 1.165) is 24.0 Å². The number of para-hydroxylation sites is 1. The molecule has 182 valence electrons. The number of carbonyl (C=O) groups is 1. The first-order valence-electron chi connectivity index (χ1n) is 11.3. The predicted octanol–water partition coefficient (Wildman–Crippen LogP) is 5.26. The number of hydrogen-bond acceptors (Lipinski definition) is 6. The maximum atomic E-state index is 13.1. The Morgan fingerprint density at radius 1 is 1.17 bits per heavy atom. The lowest BCUT2D eigenvalue weighted by molar-refractivity contribution is 0.102. The predicted molar refractivity (Wildman–Crippen MR) is 138 cm³/mol. The minimum atomic E-state index is -3.60. The van der Waals surface area contributed by atoms with E-state index < -0.39 is 10.0 Å². The Labute approximate surface area is 212 Å². The zero-order valence-corrected chi connectivity index (χ0v) is 21.6. The van der Waals surface area contributed by atoms with Gasteiger partial charge in [0.1, 0.15) is 11.3 Å². The van der Waals surface area contributed by atoms with Gasteiger partial charge in [0, 0.05) is 24.2 Å². The highest BCUT2D eigenvalue weighted by molar-refractivity contribution is 7.89. The summed E-state index contributed by atoms with van der Waals surface area (Å²) < 4.78 is 30.2. The van der Waals surface area contributed by atoms with E-state index in [2.05, 4.69) is 15.4 Å². The van der Waals surface area contributed by atoms with Gasteiger partial charge in [-0.2, -0.15) is 14.1 Å². The number of piperidine rings is 1. The second-order valence-corrected chi connectivity index (χ2v) is 11.9. The SMILES string of the molecule is Cc1cc(NC(=O)c2ccc(S(=O)(=O)N3CCCCC3C)cc2)n(-c2nc3c(Cl)cccc3s2)n1. The number of rotatable bonds is 5. The zero-order chi connectivity index (χ0) is 24.7. The molecular formula is C24H24ClN5O3S2. The van der Waals surface area contributed by atoms with E-state index in [4.69, 9.17) is 11.6 Å². The summed E-state index contributed by atoms with van der Waals surface area (Å²) in [5, 5.41) is 8.48. The Morgan fingerprint density at radius 2 is 1.94 bits per heavy atom. The topological polar surface area (TPSA) is 97.2 Å². The van der Waals surface area contributed by atoms with Gasteiger partial charge in [0.2, 0.25) is 15.2 Å². The number of fused-ring (bicyclic) bond motifs is 1. The Bertz CT molecular complexity index is 1510. The number of hydrogen-bond donors (Lipinski definition) is 1. The van der Waals surface area contributed by atoms with Crippen LogP contribution in [-0.2, 0) is 10.0 Å². The molecule has 11 heteroatoms. The second kappa shape index (κ2) is 9.34. The van der Waals surface area contributed by atoms with Crippen molar-refractivity contribution >= 4 is 54.9 Å². The monoisotopic (exact) mass is 529 g/mol. The molecule has 0 saturated carbocycles. The molecule has 5 rings (SSSR count). The molecule has 1 amide bonds. The summed E-state index contributed by atoms with van der Waals surface area (Å²) >= 11 is 7.68. The first-order chi connectivity index (χ1) is 16.7. The molecule has 1 atom stereocenters. The Kier molecular flexibility index (Phi) is 6.39. The maximum absolute atomic E-state index is 13.1. The third kappa shape index (κ3) is 4.58. The molecule has 1 fully saturated rings.